The first-order valence-electron chi connectivity index (χ1n) is 9.45. The predicted octanol–water partition coefficient (Wildman–Crippen LogP) is 5.30. The molecule has 0 spiro atoms. The van der Waals surface area contributed by atoms with Crippen LogP contribution in [0.25, 0.3) is 22.0 Å². The standard InChI is InChI=1S/C22H15Cl2N5O2S/c1-32-22-27-9-15-20(28-22)31-10-29(21(15)30)19-16(23)5-13(6-17(19)24)18-7-12-4-14(25)3-2-11(12)8-26-18/h2-9H,10,25H2,1H3. The number of anilines is 2. The zero-order valence-electron chi connectivity index (χ0n) is 16.7. The molecule has 2 aromatic heterocycles. The lowest BCUT2D eigenvalue weighted by atomic mass is 10.1. The fraction of sp³-hybridized carbons (Fsp3) is 0.0909. The van der Waals surface area contributed by atoms with Crippen LogP contribution < -0.4 is 15.4 Å². The highest BCUT2D eigenvalue weighted by atomic mass is 35.5. The van der Waals surface area contributed by atoms with Crippen LogP contribution >= 0.6 is 35.0 Å². The molecule has 0 atom stereocenters. The van der Waals surface area contributed by atoms with Gasteiger partial charge in [0.1, 0.15) is 5.56 Å². The number of fused-ring (bicyclic) bond motifs is 2. The fourth-order valence-corrected chi connectivity index (χ4v) is 4.51. The van der Waals surface area contributed by atoms with Gasteiger partial charge in [-0.3, -0.25) is 14.7 Å². The number of nitrogens with two attached hydrogens (primary N) is 1. The van der Waals surface area contributed by atoms with Crippen LogP contribution in [0.2, 0.25) is 10.0 Å². The molecule has 10 heteroatoms. The molecular weight excluding hydrogens is 469 g/mol. The minimum Gasteiger partial charge on any atom is -0.455 e. The molecule has 0 fully saturated rings. The smallest absolute Gasteiger partial charge is 0.268 e. The minimum atomic E-state index is -0.338. The van der Waals surface area contributed by atoms with Crippen LogP contribution in [-0.2, 0) is 0 Å². The number of carbonyl (C=O) groups excluding carboxylic acids is 1. The molecule has 3 heterocycles. The van der Waals surface area contributed by atoms with E-state index in [-0.39, 0.29) is 24.1 Å². The van der Waals surface area contributed by atoms with Crippen LogP contribution in [-0.4, -0.2) is 33.8 Å². The Labute approximate surface area is 197 Å². The maximum absolute atomic E-state index is 13.1. The molecule has 2 aromatic carbocycles. The number of nitrogens with zero attached hydrogens (tertiary/aromatic N) is 4. The number of nitrogen functional groups attached to an aromatic ring is 1. The van der Waals surface area contributed by atoms with Crippen molar-refractivity contribution in [1.29, 1.82) is 0 Å². The normalized spacial score (nSPS) is 13.2. The van der Waals surface area contributed by atoms with Gasteiger partial charge in [0.05, 0.1) is 21.4 Å². The van der Waals surface area contributed by atoms with E-state index in [4.69, 9.17) is 33.7 Å². The van der Waals surface area contributed by atoms with Crippen molar-refractivity contribution in [3.05, 3.63) is 64.4 Å². The highest BCUT2D eigenvalue weighted by Crippen LogP contribution is 2.40. The fourth-order valence-electron chi connectivity index (χ4n) is 3.49. The predicted molar refractivity (Wildman–Crippen MR) is 128 cm³/mol. The topological polar surface area (TPSA) is 94.2 Å². The third kappa shape index (κ3) is 3.60. The van der Waals surface area contributed by atoms with Crippen molar-refractivity contribution in [2.75, 3.05) is 23.6 Å². The molecule has 160 valence electrons. The van der Waals surface area contributed by atoms with Gasteiger partial charge in [0.25, 0.3) is 5.91 Å². The van der Waals surface area contributed by atoms with Crippen LogP contribution in [0, 0.1) is 0 Å². The molecule has 0 bridgehead atoms. The lowest BCUT2D eigenvalue weighted by Crippen LogP contribution is -2.39. The molecule has 1 aliphatic heterocycles. The van der Waals surface area contributed by atoms with Gasteiger partial charge in [-0.25, -0.2) is 4.98 Å². The maximum Gasteiger partial charge on any atom is 0.268 e. The van der Waals surface area contributed by atoms with Crippen molar-refractivity contribution in [2.24, 2.45) is 0 Å². The number of rotatable bonds is 3. The van der Waals surface area contributed by atoms with Crippen molar-refractivity contribution in [2.45, 2.75) is 5.16 Å². The minimum absolute atomic E-state index is 0.0665. The van der Waals surface area contributed by atoms with Crippen LogP contribution in [0.1, 0.15) is 10.4 Å². The molecule has 5 rings (SSSR count). The summed E-state index contributed by atoms with van der Waals surface area (Å²) >= 11 is 14.5. The van der Waals surface area contributed by atoms with Gasteiger partial charge >= 0.3 is 0 Å². The zero-order chi connectivity index (χ0) is 22.4. The summed E-state index contributed by atoms with van der Waals surface area (Å²) in [6.45, 7) is -0.0665. The van der Waals surface area contributed by atoms with Crippen LogP contribution in [0.15, 0.2) is 53.9 Å². The van der Waals surface area contributed by atoms with Crippen molar-refractivity contribution in [3.8, 4) is 17.1 Å². The number of hydrogen-bond acceptors (Lipinski definition) is 7. The van der Waals surface area contributed by atoms with Gasteiger partial charge in [-0.2, -0.15) is 4.98 Å². The summed E-state index contributed by atoms with van der Waals surface area (Å²) in [5.74, 6) is -0.0936. The molecule has 1 aliphatic rings. The van der Waals surface area contributed by atoms with E-state index in [1.54, 1.807) is 18.3 Å². The third-order valence-electron chi connectivity index (χ3n) is 5.05. The number of benzene rings is 2. The van der Waals surface area contributed by atoms with Gasteiger partial charge in [-0.1, -0.05) is 41.0 Å². The molecule has 32 heavy (non-hydrogen) atoms. The third-order valence-corrected chi connectivity index (χ3v) is 6.19. The Balaban J connectivity index is 1.52. The highest BCUT2D eigenvalue weighted by molar-refractivity contribution is 7.98. The highest BCUT2D eigenvalue weighted by Gasteiger charge is 2.31. The Morgan fingerprint density at radius 2 is 1.84 bits per heavy atom. The first-order valence-corrected chi connectivity index (χ1v) is 11.4. The van der Waals surface area contributed by atoms with Gasteiger partial charge in [-0.05, 0) is 42.0 Å². The summed E-state index contributed by atoms with van der Waals surface area (Å²) in [5.41, 5.74) is 8.57. The molecule has 4 aromatic rings. The van der Waals surface area contributed by atoms with E-state index in [9.17, 15) is 4.79 Å². The summed E-state index contributed by atoms with van der Waals surface area (Å²) < 4.78 is 5.69. The number of hydrogen-bond donors (Lipinski definition) is 1. The van der Waals surface area contributed by atoms with E-state index in [1.165, 1.54) is 22.9 Å². The van der Waals surface area contributed by atoms with E-state index < -0.39 is 0 Å². The first kappa shape index (κ1) is 20.8. The monoisotopic (exact) mass is 483 g/mol. The Hall–Kier alpha value is -3.07. The van der Waals surface area contributed by atoms with Crippen molar-refractivity contribution in [3.63, 3.8) is 0 Å². The van der Waals surface area contributed by atoms with E-state index in [2.05, 4.69) is 15.0 Å². The van der Waals surface area contributed by atoms with E-state index in [0.717, 1.165) is 10.8 Å². The second-order valence-corrected chi connectivity index (χ2v) is 8.63. The van der Waals surface area contributed by atoms with Gasteiger partial charge in [0, 0.05) is 29.0 Å². The van der Waals surface area contributed by atoms with Gasteiger partial charge in [-0.15, -0.1) is 0 Å². The number of pyridine rings is 1. The Morgan fingerprint density at radius 1 is 1.06 bits per heavy atom. The summed E-state index contributed by atoms with van der Waals surface area (Å²) in [5, 5.41) is 3.04. The van der Waals surface area contributed by atoms with Gasteiger partial charge in [0.15, 0.2) is 11.9 Å². The maximum atomic E-state index is 13.1. The molecular formula is C22H15Cl2N5O2S. The second kappa shape index (κ2) is 8.12. The lowest BCUT2D eigenvalue weighted by Gasteiger charge is -2.29. The SMILES string of the molecule is CSc1ncc2c(n1)OCN(c1c(Cl)cc(-c3cc4cc(N)ccc4cn3)cc1Cl)C2=O. The van der Waals surface area contributed by atoms with Crippen LogP contribution in [0.3, 0.4) is 0 Å². The Morgan fingerprint density at radius 3 is 2.59 bits per heavy atom. The van der Waals surface area contributed by atoms with E-state index in [1.807, 2.05) is 30.5 Å². The quantitative estimate of drug-likeness (QED) is 0.240. The number of carbonyl (C=O) groups is 1. The van der Waals surface area contributed by atoms with E-state index in [0.29, 0.717) is 37.8 Å². The number of aromatic nitrogens is 3. The molecule has 0 saturated heterocycles. The molecule has 1 amide bonds. The van der Waals surface area contributed by atoms with Crippen LogP contribution in [0.5, 0.6) is 5.88 Å². The number of thioether (sulfide) groups is 1. The van der Waals surface area contributed by atoms with Crippen molar-refractivity contribution >= 4 is 63.0 Å². The van der Waals surface area contributed by atoms with E-state index >= 15 is 0 Å². The first-order chi connectivity index (χ1) is 15.4. The van der Waals surface area contributed by atoms with Gasteiger partial charge in [0.2, 0.25) is 5.88 Å². The Bertz CT molecular complexity index is 1380. The van der Waals surface area contributed by atoms with Crippen molar-refractivity contribution < 1.29 is 9.53 Å². The summed E-state index contributed by atoms with van der Waals surface area (Å²) in [7, 11) is 0. The summed E-state index contributed by atoms with van der Waals surface area (Å²) in [6, 6.07) is 11.0. The number of halogens is 2. The largest absolute Gasteiger partial charge is 0.455 e. The molecule has 0 radical (unpaired) electrons. The summed E-state index contributed by atoms with van der Waals surface area (Å²) in [6.07, 6.45) is 5.06. The molecule has 2 N–H and O–H groups in total. The average molecular weight is 484 g/mol. The summed E-state index contributed by atoms with van der Waals surface area (Å²) in [4.78, 5) is 27.3. The molecule has 0 saturated carbocycles. The van der Waals surface area contributed by atoms with Crippen molar-refractivity contribution in [1.82, 2.24) is 15.0 Å². The number of amides is 1. The Kier molecular flexibility index (Phi) is 5.28. The van der Waals surface area contributed by atoms with Crippen LogP contribution in [0.4, 0.5) is 11.4 Å². The second-order valence-electron chi connectivity index (χ2n) is 7.05. The van der Waals surface area contributed by atoms with Gasteiger partial charge < -0.3 is 10.5 Å². The molecule has 0 aliphatic carbocycles. The lowest BCUT2D eigenvalue weighted by molar-refractivity contribution is 0.0931. The molecule has 7 nitrogen and oxygen atoms in total. The average Bonchev–Trinajstić information content (AvgIpc) is 2.79. The molecule has 0 unspecified atom stereocenters. The zero-order valence-corrected chi connectivity index (χ0v) is 19.0. The number of ether oxygens (including phenoxy) is 1.